The number of halogens is 1. The minimum Gasteiger partial charge on any atom is -0.422 e. The number of aryl methyl sites for hydroxylation is 1. The number of carbonyl (C=O) groups excluding carboxylic acids is 1. The predicted octanol–water partition coefficient (Wildman–Crippen LogP) is 4.74. The van der Waals surface area contributed by atoms with E-state index in [1.165, 1.54) is 0 Å². The lowest BCUT2D eigenvalue weighted by Crippen LogP contribution is -1.97. The first-order valence-electron chi connectivity index (χ1n) is 6.60. The van der Waals surface area contributed by atoms with Gasteiger partial charge < -0.3 is 4.74 Å². The topological polar surface area (TPSA) is 26.3 Å². The van der Waals surface area contributed by atoms with Crippen LogP contribution < -0.4 is 0 Å². The van der Waals surface area contributed by atoms with E-state index >= 15 is 0 Å². The van der Waals surface area contributed by atoms with Gasteiger partial charge in [-0.2, -0.15) is 0 Å². The van der Waals surface area contributed by atoms with Crippen LogP contribution in [-0.2, 0) is 9.53 Å². The number of ether oxygens (including phenoxy) is 1. The van der Waals surface area contributed by atoms with Gasteiger partial charge in [-0.15, -0.1) is 0 Å². The number of carbonyl (C=O) groups is 1. The average Bonchev–Trinajstić information content (AvgIpc) is 2.83. The first-order valence-corrected chi connectivity index (χ1v) is 7.40. The quantitative estimate of drug-likeness (QED) is 0.583. The van der Waals surface area contributed by atoms with Crippen molar-refractivity contribution in [3.8, 4) is 0 Å². The van der Waals surface area contributed by atoms with E-state index in [0.717, 1.165) is 21.2 Å². The van der Waals surface area contributed by atoms with Gasteiger partial charge in [0.2, 0.25) is 0 Å². The van der Waals surface area contributed by atoms with Crippen molar-refractivity contribution in [1.82, 2.24) is 0 Å². The zero-order valence-electron chi connectivity index (χ0n) is 11.5. The summed E-state index contributed by atoms with van der Waals surface area (Å²) in [5.74, 6) is 0.281. The van der Waals surface area contributed by atoms with Crippen molar-refractivity contribution in [2.75, 3.05) is 0 Å². The zero-order valence-corrected chi connectivity index (χ0v) is 13.1. The molecule has 0 radical (unpaired) electrons. The Labute approximate surface area is 131 Å². The summed E-state index contributed by atoms with van der Waals surface area (Å²) < 4.78 is 6.34. The molecule has 1 aliphatic rings. The molecule has 0 aliphatic carbocycles. The van der Waals surface area contributed by atoms with Gasteiger partial charge in [-0.1, -0.05) is 52.3 Å². The Bertz CT molecular complexity index is 755. The van der Waals surface area contributed by atoms with E-state index in [4.69, 9.17) is 4.74 Å². The van der Waals surface area contributed by atoms with Crippen LogP contribution in [-0.4, -0.2) is 5.97 Å². The lowest BCUT2D eigenvalue weighted by Gasteiger charge is -2.01. The molecule has 0 N–H and O–H groups in total. The Balaban J connectivity index is 1.96. The van der Waals surface area contributed by atoms with E-state index in [0.29, 0.717) is 11.3 Å². The summed E-state index contributed by atoms with van der Waals surface area (Å²) in [7, 11) is 0. The molecular weight excluding hydrogens is 328 g/mol. The molecule has 0 atom stereocenters. The third-order valence-corrected chi connectivity index (χ3v) is 3.88. The van der Waals surface area contributed by atoms with Gasteiger partial charge in [-0.25, -0.2) is 4.79 Å². The van der Waals surface area contributed by atoms with Crippen molar-refractivity contribution in [3.05, 3.63) is 81.3 Å². The smallest absolute Gasteiger partial charge is 0.343 e. The van der Waals surface area contributed by atoms with Crippen molar-refractivity contribution in [2.24, 2.45) is 0 Å². The molecule has 0 saturated heterocycles. The molecule has 0 fully saturated rings. The number of cyclic esters (lactones) is 1. The van der Waals surface area contributed by atoms with Crippen LogP contribution in [0.2, 0.25) is 0 Å². The minimum atomic E-state index is -0.309. The Kier molecular flexibility index (Phi) is 3.76. The molecule has 0 spiro atoms. The standard InChI is InChI=1S/C18H13BrO2/c1-12-4-2-3-5-14(12)10-15-11-17(21-18(15)20)13-6-8-16(19)9-7-13/h2-11H,1H3/b15-10+. The molecule has 0 unspecified atom stereocenters. The molecule has 0 saturated carbocycles. The maximum absolute atomic E-state index is 12.0. The van der Waals surface area contributed by atoms with Crippen LogP contribution in [0.3, 0.4) is 0 Å². The summed E-state index contributed by atoms with van der Waals surface area (Å²) in [6.07, 6.45) is 3.65. The van der Waals surface area contributed by atoms with E-state index in [-0.39, 0.29) is 5.97 Å². The lowest BCUT2D eigenvalue weighted by molar-refractivity contribution is -0.130. The highest BCUT2D eigenvalue weighted by Gasteiger charge is 2.21. The molecule has 0 aromatic heterocycles. The lowest BCUT2D eigenvalue weighted by atomic mass is 10.1. The Morgan fingerprint density at radius 3 is 2.48 bits per heavy atom. The Hall–Kier alpha value is -2.13. The van der Waals surface area contributed by atoms with Crippen LogP contribution in [0.15, 0.2) is 64.7 Å². The summed E-state index contributed by atoms with van der Waals surface area (Å²) in [4.78, 5) is 12.0. The van der Waals surface area contributed by atoms with Gasteiger partial charge in [0.1, 0.15) is 5.76 Å². The van der Waals surface area contributed by atoms with Crippen molar-refractivity contribution in [1.29, 1.82) is 0 Å². The first-order chi connectivity index (χ1) is 10.1. The van der Waals surface area contributed by atoms with Gasteiger partial charge in [0.15, 0.2) is 0 Å². The third-order valence-electron chi connectivity index (χ3n) is 3.35. The van der Waals surface area contributed by atoms with Gasteiger partial charge in [-0.05, 0) is 42.3 Å². The van der Waals surface area contributed by atoms with E-state index in [9.17, 15) is 4.79 Å². The molecule has 2 aromatic rings. The molecule has 2 nitrogen and oxygen atoms in total. The van der Waals surface area contributed by atoms with Gasteiger partial charge >= 0.3 is 5.97 Å². The summed E-state index contributed by atoms with van der Waals surface area (Å²) >= 11 is 3.39. The van der Waals surface area contributed by atoms with E-state index in [2.05, 4.69) is 15.9 Å². The molecular formula is C18H13BrO2. The molecule has 0 bridgehead atoms. The summed E-state index contributed by atoms with van der Waals surface area (Å²) in [6, 6.07) is 15.6. The van der Waals surface area contributed by atoms with Crippen molar-refractivity contribution < 1.29 is 9.53 Å². The van der Waals surface area contributed by atoms with Crippen LogP contribution >= 0.6 is 15.9 Å². The number of hydrogen-bond donors (Lipinski definition) is 0. The maximum Gasteiger partial charge on any atom is 0.343 e. The van der Waals surface area contributed by atoms with Crippen molar-refractivity contribution in [3.63, 3.8) is 0 Å². The predicted molar refractivity (Wildman–Crippen MR) is 87.4 cm³/mol. The van der Waals surface area contributed by atoms with Crippen molar-refractivity contribution in [2.45, 2.75) is 6.92 Å². The molecule has 1 aliphatic heterocycles. The summed E-state index contributed by atoms with van der Waals surface area (Å²) in [6.45, 7) is 2.02. The van der Waals surface area contributed by atoms with Crippen LogP contribution in [0.25, 0.3) is 11.8 Å². The fourth-order valence-corrected chi connectivity index (χ4v) is 2.43. The molecule has 104 valence electrons. The molecule has 21 heavy (non-hydrogen) atoms. The van der Waals surface area contributed by atoms with Gasteiger partial charge in [0, 0.05) is 10.0 Å². The fourth-order valence-electron chi connectivity index (χ4n) is 2.16. The largest absolute Gasteiger partial charge is 0.422 e. The monoisotopic (exact) mass is 340 g/mol. The van der Waals surface area contributed by atoms with E-state index in [1.807, 2.05) is 61.5 Å². The number of benzene rings is 2. The Morgan fingerprint density at radius 1 is 1.05 bits per heavy atom. The SMILES string of the molecule is Cc1ccccc1/C=C1\C=C(c2ccc(Br)cc2)OC1=O. The van der Waals surface area contributed by atoms with E-state index in [1.54, 1.807) is 6.08 Å². The van der Waals surface area contributed by atoms with Crippen molar-refractivity contribution >= 4 is 33.7 Å². The normalized spacial score (nSPS) is 16.0. The van der Waals surface area contributed by atoms with Crippen LogP contribution in [0.5, 0.6) is 0 Å². The molecule has 0 amide bonds. The second kappa shape index (κ2) is 5.70. The van der Waals surface area contributed by atoms with Gasteiger partial charge in [0.25, 0.3) is 0 Å². The molecule has 1 heterocycles. The molecule has 2 aromatic carbocycles. The van der Waals surface area contributed by atoms with Gasteiger partial charge in [-0.3, -0.25) is 0 Å². The summed E-state index contributed by atoms with van der Waals surface area (Å²) in [5, 5.41) is 0. The number of esters is 1. The third kappa shape index (κ3) is 2.98. The molecule has 3 heteroatoms. The number of hydrogen-bond acceptors (Lipinski definition) is 2. The highest BCUT2D eigenvalue weighted by Crippen LogP contribution is 2.28. The maximum atomic E-state index is 12.0. The van der Waals surface area contributed by atoms with Crippen LogP contribution in [0, 0.1) is 6.92 Å². The molecule has 3 rings (SSSR count). The van der Waals surface area contributed by atoms with Crippen LogP contribution in [0.4, 0.5) is 0 Å². The zero-order chi connectivity index (χ0) is 14.8. The second-order valence-electron chi connectivity index (χ2n) is 4.86. The van der Waals surface area contributed by atoms with E-state index < -0.39 is 0 Å². The first kappa shape index (κ1) is 13.8. The van der Waals surface area contributed by atoms with Crippen LogP contribution in [0.1, 0.15) is 16.7 Å². The Morgan fingerprint density at radius 2 is 1.76 bits per heavy atom. The minimum absolute atomic E-state index is 0.309. The second-order valence-corrected chi connectivity index (χ2v) is 5.78. The highest BCUT2D eigenvalue weighted by atomic mass is 79.9. The summed E-state index contributed by atoms with van der Waals surface area (Å²) in [5.41, 5.74) is 3.61. The fraction of sp³-hybridized carbons (Fsp3) is 0.0556. The average molecular weight is 341 g/mol. The van der Waals surface area contributed by atoms with Gasteiger partial charge in [0.05, 0.1) is 5.57 Å². The number of rotatable bonds is 2. The highest BCUT2D eigenvalue weighted by molar-refractivity contribution is 9.10.